The van der Waals surface area contributed by atoms with Crippen molar-refractivity contribution in [3.63, 3.8) is 0 Å². The molecule has 0 radical (unpaired) electrons. The lowest BCUT2D eigenvalue weighted by atomic mass is 10.2. The number of aromatic nitrogens is 2. The van der Waals surface area contributed by atoms with Gasteiger partial charge in [0.2, 0.25) is 5.28 Å². The molecule has 4 nitrogen and oxygen atoms in total. The molecule has 0 spiro atoms. The van der Waals surface area contributed by atoms with Crippen molar-refractivity contribution in [2.45, 2.75) is 38.6 Å². The molecule has 2 heterocycles. The number of halogens is 1. The van der Waals surface area contributed by atoms with E-state index in [-0.39, 0.29) is 0 Å². The number of hydrogen-bond donors (Lipinski definition) is 0. The van der Waals surface area contributed by atoms with Crippen molar-refractivity contribution in [2.24, 2.45) is 0 Å². The van der Waals surface area contributed by atoms with E-state index in [9.17, 15) is 0 Å². The Labute approximate surface area is 113 Å². The fourth-order valence-corrected chi connectivity index (χ4v) is 2.68. The Morgan fingerprint density at radius 3 is 3.06 bits per heavy atom. The largest absolute Gasteiger partial charge is 0.383 e. The maximum atomic E-state index is 6.01. The highest BCUT2D eigenvalue weighted by atomic mass is 35.5. The van der Waals surface area contributed by atoms with Gasteiger partial charge in [0.15, 0.2) is 0 Å². The van der Waals surface area contributed by atoms with E-state index < -0.39 is 0 Å². The van der Waals surface area contributed by atoms with Gasteiger partial charge in [0.25, 0.3) is 0 Å². The van der Waals surface area contributed by atoms with Gasteiger partial charge in [-0.3, -0.25) is 0 Å². The molecule has 1 aromatic rings. The molecular weight excluding hydrogens is 250 g/mol. The van der Waals surface area contributed by atoms with E-state index in [0.717, 1.165) is 43.9 Å². The molecule has 0 bridgehead atoms. The summed E-state index contributed by atoms with van der Waals surface area (Å²) >= 11 is 6.01. The standard InChI is InChI=1S/C13H20ClN3O/c1-3-5-10-8-12(16-13(14)15-10)17-7-4-6-11(17)9-18-2/h8,11H,3-7,9H2,1-2H3/t11-/m0/s1. The van der Waals surface area contributed by atoms with E-state index in [1.165, 1.54) is 6.42 Å². The SMILES string of the molecule is CCCc1cc(N2CCC[C@H]2COC)nc(Cl)n1. The molecule has 1 aliphatic rings. The summed E-state index contributed by atoms with van der Waals surface area (Å²) in [6.07, 6.45) is 4.34. The van der Waals surface area contributed by atoms with Gasteiger partial charge >= 0.3 is 0 Å². The summed E-state index contributed by atoms with van der Waals surface area (Å²) < 4.78 is 5.27. The summed E-state index contributed by atoms with van der Waals surface area (Å²) in [6, 6.07) is 2.47. The molecule has 0 unspecified atom stereocenters. The van der Waals surface area contributed by atoms with Crippen LogP contribution in [0.15, 0.2) is 6.07 Å². The number of nitrogens with zero attached hydrogens (tertiary/aromatic N) is 3. The fraction of sp³-hybridized carbons (Fsp3) is 0.692. The van der Waals surface area contributed by atoms with Crippen LogP contribution in [0.5, 0.6) is 0 Å². The Balaban J connectivity index is 2.20. The molecule has 1 aliphatic heterocycles. The third-order valence-corrected chi connectivity index (χ3v) is 3.44. The molecule has 0 aromatic carbocycles. The quantitative estimate of drug-likeness (QED) is 0.771. The molecular formula is C13H20ClN3O. The second-order valence-corrected chi connectivity index (χ2v) is 5.02. The van der Waals surface area contributed by atoms with Crippen molar-refractivity contribution < 1.29 is 4.74 Å². The number of aryl methyl sites for hydroxylation is 1. The normalized spacial score (nSPS) is 19.5. The van der Waals surface area contributed by atoms with Gasteiger partial charge in [0, 0.05) is 25.4 Å². The van der Waals surface area contributed by atoms with Crippen LogP contribution in [-0.2, 0) is 11.2 Å². The number of methoxy groups -OCH3 is 1. The van der Waals surface area contributed by atoms with Gasteiger partial charge in [-0.15, -0.1) is 0 Å². The lowest BCUT2D eigenvalue weighted by Gasteiger charge is -2.25. The summed E-state index contributed by atoms with van der Waals surface area (Å²) in [6.45, 7) is 3.90. The Bertz CT molecular complexity index is 400. The minimum absolute atomic E-state index is 0.346. The zero-order valence-electron chi connectivity index (χ0n) is 11.0. The van der Waals surface area contributed by atoms with Crippen molar-refractivity contribution in [3.8, 4) is 0 Å². The van der Waals surface area contributed by atoms with Gasteiger partial charge in [-0.1, -0.05) is 13.3 Å². The number of ether oxygens (including phenoxy) is 1. The highest BCUT2D eigenvalue weighted by Crippen LogP contribution is 2.25. The zero-order chi connectivity index (χ0) is 13.0. The Hall–Kier alpha value is -0.870. The second kappa shape index (κ2) is 6.34. The van der Waals surface area contributed by atoms with Crippen LogP contribution in [0.1, 0.15) is 31.9 Å². The first-order valence-electron chi connectivity index (χ1n) is 6.53. The second-order valence-electron chi connectivity index (χ2n) is 4.68. The first kappa shape index (κ1) is 13.6. The summed E-state index contributed by atoms with van der Waals surface area (Å²) in [5.74, 6) is 0.943. The van der Waals surface area contributed by atoms with Gasteiger partial charge in [-0.05, 0) is 30.9 Å². The topological polar surface area (TPSA) is 38.2 Å². The van der Waals surface area contributed by atoms with E-state index in [0.29, 0.717) is 11.3 Å². The molecule has 0 N–H and O–H groups in total. The Morgan fingerprint density at radius 2 is 2.33 bits per heavy atom. The lowest BCUT2D eigenvalue weighted by molar-refractivity contribution is 0.180. The molecule has 0 saturated carbocycles. The van der Waals surface area contributed by atoms with E-state index in [2.05, 4.69) is 27.9 Å². The third-order valence-electron chi connectivity index (χ3n) is 3.27. The molecule has 18 heavy (non-hydrogen) atoms. The predicted octanol–water partition coefficient (Wildman–Crippen LogP) is 2.70. The summed E-state index contributed by atoms with van der Waals surface area (Å²) in [4.78, 5) is 10.9. The van der Waals surface area contributed by atoms with E-state index in [4.69, 9.17) is 16.3 Å². The maximum Gasteiger partial charge on any atom is 0.224 e. The van der Waals surface area contributed by atoms with Crippen molar-refractivity contribution in [3.05, 3.63) is 17.0 Å². The van der Waals surface area contributed by atoms with Crippen molar-refractivity contribution >= 4 is 17.4 Å². The Kier molecular flexibility index (Phi) is 4.78. The molecule has 0 amide bonds. The molecule has 1 fully saturated rings. The van der Waals surface area contributed by atoms with E-state index in [1.54, 1.807) is 7.11 Å². The van der Waals surface area contributed by atoms with Crippen LogP contribution >= 0.6 is 11.6 Å². The third kappa shape index (κ3) is 3.12. The first-order chi connectivity index (χ1) is 8.74. The molecule has 0 aliphatic carbocycles. The van der Waals surface area contributed by atoms with Crippen LogP contribution in [0.2, 0.25) is 5.28 Å². The number of anilines is 1. The van der Waals surface area contributed by atoms with E-state index in [1.807, 2.05) is 0 Å². The van der Waals surface area contributed by atoms with Crippen molar-refractivity contribution in [1.82, 2.24) is 9.97 Å². The minimum Gasteiger partial charge on any atom is -0.383 e. The van der Waals surface area contributed by atoms with Gasteiger partial charge in [-0.2, -0.15) is 0 Å². The van der Waals surface area contributed by atoms with Gasteiger partial charge in [-0.25, -0.2) is 9.97 Å². The predicted molar refractivity (Wildman–Crippen MR) is 73.3 cm³/mol. The maximum absolute atomic E-state index is 6.01. The summed E-state index contributed by atoms with van der Waals surface area (Å²) in [7, 11) is 1.74. The van der Waals surface area contributed by atoms with Crippen LogP contribution in [0, 0.1) is 0 Å². The first-order valence-corrected chi connectivity index (χ1v) is 6.91. The highest BCUT2D eigenvalue weighted by Gasteiger charge is 2.26. The fourth-order valence-electron chi connectivity index (χ4n) is 2.49. The summed E-state index contributed by atoms with van der Waals surface area (Å²) in [5, 5.41) is 0.346. The summed E-state index contributed by atoms with van der Waals surface area (Å²) in [5.41, 5.74) is 1.02. The molecule has 1 saturated heterocycles. The lowest BCUT2D eigenvalue weighted by Crippen LogP contribution is -2.33. The van der Waals surface area contributed by atoms with Crippen molar-refractivity contribution in [2.75, 3.05) is 25.2 Å². The average Bonchev–Trinajstić information content (AvgIpc) is 2.77. The van der Waals surface area contributed by atoms with Crippen LogP contribution in [-0.4, -0.2) is 36.3 Å². The molecule has 1 atom stereocenters. The molecule has 2 rings (SSSR count). The number of rotatable bonds is 5. The average molecular weight is 270 g/mol. The van der Waals surface area contributed by atoms with Crippen LogP contribution < -0.4 is 4.90 Å². The van der Waals surface area contributed by atoms with Crippen LogP contribution in [0.4, 0.5) is 5.82 Å². The van der Waals surface area contributed by atoms with Gasteiger partial charge < -0.3 is 9.64 Å². The monoisotopic (exact) mass is 269 g/mol. The van der Waals surface area contributed by atoms with E-state index >= 15 is 0 Å². The molecule has 100 valence electrons. The zero-order valence-corrected chi connectivity index (χ0v) is 11.8. The van der Waals surface area contributed by atoms with Crippen molar-refractivity contribution in [1.29, 1.82) is 0 Å². The minimum atomic E-state index is 0.346. The Morgan fingerprint density at radius 1 is 1.50 bits per heavy atom. The smallest absolute Gasteiger partial charge is 0.224 e. The number of hydrogen-bond acceptors (Lipinski definition) is 4. The highest BCUT2D eigenvalue weighted by molar-refractivity contribution is 6.28. The van der Waals surface area contributed by atoms with Crippen LogP contribution in [0.3, 0.4) is 0 Å². The molecule has 5 heteroatoms. The van der Waals surface area contributed by atoms with Crippen LogP contribution in [0.25, 0.3) is 0 Å². The van der Waals surface area contributed by atoms with Gasteiger partial charge in [0.05, 0.1) is 12.6 Å². The van der Waals surface area contributed by atoms with Gasteiger partial charge in [0.1, 0.15) is 5.82 Å². The molecule has 1 aromatic heterocycles.